The second-order valence-electron chi connectivity index (χ2n) is 5.63. The quantitative estimate of drug-likeness (QED) is 0.758. The number of fused-ring (bicyclic) bond motifs is 2. The second kappa shape index (κ2) is 5.25. The largest absolute Gasteiger partial charge is 0.352 e. The van der Waals surface area contributed by atoms with E-state index in [1.807, 2.05) is 12.4 Å². The minimum atomic E-state index is -0.0705. The van der Waals surface area contributed by atoms with E-state index in [0.29, 0.717) is 23.5 Å². The zero-order chi connectivity index (χ0) is 14.9. The highest BCUT2D eigenvalue weighted by atomic mass is 16.1. The summed E-state index contributed by atoms with van der Waals surface area (Å²) in [6, 6.07) is 5.32. The summed E-state index contributed by atoms with van der Waals surface area (Å²) in [6.45, 7) is 1.64. The van der Waals surface area contributed by atoms with Crippen molar-refractivity contribution >= 4 is 16.9 Å². The maximum absolute atomic E-state index is 12.3. The topological polar surface area (TPSA) is 88.5 Å². The van der Waals surface area contributed by atoms with E-state index >= 15 is 0 Å². The first-order chi connectivity index (χ1) is 10.8. The van der Waals surface area contributed by atoms with Gasteiger partial charge in [-0.25, -0.2) is 4.98 Å². The minimum Gasteiger partial charge on any atom is -0.352 e. The van der Waals surface area contributed by atoms with Crippen LogP contribution in [0.5, 0.6) is 0 Å². The fourth-order valence-corrected chi connectivity index (χ4v) is 2.91. The highest BCUT2D eigenvalue weighted by Gasteiger charge is 2.20. The summed E-state index contributed by atoms with van der Waals surface area (Å²) in [5.74, 6) is 1.47. The highest BCUT2D eigenvalue weighted by molar-refractivity contribution is 5.97. The molecular weight excluding hydrogens is 280 g/mol. The number of imidazole rings is 1. The number of nitrogens with zero attached hydrogens (tertiary/aromatic N) is 4. The third-order valence-electron chi connectivity index (χ3n) is 4.18. The summed E-state index contributed by atoms with van der Waals surface area (Å²) in [4.78, 5) is 16.6. The van der Waals surface area contributed by atoms with Crippen LogP contribution < -0.4 is 5.32 Å². The van der Waals surface area contributed by atoms with E-state index in [-0.39, 0.29) is 5.91 Å². The van der Waals surface area contributed by atoms with Crippen LogP contribution in [0.15, 0.2) is 30.6 Å². The van der Waals surface area contributed by atoms with Crippen molar-refractivity contribution in [3.8, 4) is 0 Å². The first kappa shape index (κ1) is 13.0. The van der Waals surface area contributed by atoms with Crippen LogP contribution in [-0.2, 0) is 13.0 Å². The van der Waals surface area contributed by atoms with Gasteiger partial charge in [0.2, 0.25) is 0 Å². The van der Waals surface area contributed by atoms with Crippen molar-refractivity contribution in [2.24, 2.45) is 5.92 Å². The molecule has 7 nitrogen and oxygen atoms in total. The molecule has 1 aliphatic heterocycles. The monoisotopic (exact) mass is 296 g/mol. The van der Waals surface area contributed by atoms with Crippen LogP contribution in [0.4, 0.5) is 0 Å². The van der Waals surface area contributed by atoms with Gasteiger partial charge >= 0.3 is 0 Å². The number of H-pyrrole nitrogens is 1. The third-order valence-corrected chi connectivity index (χ3v) is 4.18. The van der Waals surface area contributed by atoms with Crippen LogP contribution in [0.1, 0.15) is 22.6 Å². The number of nitrogens with one attached hydrogen (secondary N) is 2. The van der Waals surface area contributed by atoms with Crippen molar-refractivity contribution in [2.45, 2.75) is 19.4 Å². The number of rotatable bonds is 3. The summed E-state index contributed by atoms with van der Waals surface area (Å²) in [6.07, 6.45) is 5.82. The summed E-state index contributed by atoms with van der Waals surface area (Å²) in [7, 11) is 0. The molecule has 0 aliphatic carbocycles. The minimum absolute atomic E-state index is 0.0705. The molecule has 7 heteroatoms. The van der Waals surface area contributed by atoms with Gasteiger partial charge in [0, 0.05) is 37.5 Å². The molecule has 1 atom stereocenters. The van der Waals surface area contributed by atoms with Crippen LogP contribution in [0.3, 0.4) is 0 Å². The number of benzene rings is 1. The lowest BCUT2D eigenvalue weighted by molar-refractivity contribution is 0.0944. The van der Waals surface area contributed by atoms with Gasteiger partial charge in [-0.05, 0) is 30.5 Å². The Balaban J connectivity index is 1.40. The Kier molecular flexibility index (Phi) is 3.10. The molecule has 4 rings (SSSR count). The fraction of sp³-hybridized carbons (Fsp3) is 0.333. The molecule has 3 heterocycles. The van der Waals surface area contributed by atoms with Gasteiger partial charge in [0.05, 0.1) is 0 Å². The lowest BCUT2D eigenvalue weighted by Gasteiger charge is -2.23. The molecule has 0 spiro atoms. The highest BCUT2D eigenvalue weighted by Crippen LogP contribution is 2.18. The number of amides is 1. The zero-order valence-electron chi connectivity index (χ0n) is 12.0. The Labute approximate surface area is 126 Å². The smallest absolute Gasteiger partial charge is 0.251 e. The third kappa shape index (κ3) is 2.34. The molecule has 0 bridgehead atoms. The number of hydrogen-bond acceptors (Lipinski definition) is 4. The van der Waals surface area contributed by atoms with Gasteiger partial charge in [-0.15, -0.1) is 0 Å². The number of carbonyl (C=O) groups excluding carboxylic acids is 1. The van der Waals surface area contributed by atoms with Crippen molar-refractivity contribution in [1.82, 2.24) is 30.3 Å². The van der Waals surface area contributed by atoms with E-state index in [9.17, 15) is 4.79 Å². The first-order valence-electron chi connectivity index (χ1n) is 7.38. The molecule has 22 heavy (non-hydrogen) atoms. The van der Waals surface area contributed by atoms with Gasteiger partial charge in [-0.2, -0.15) is 15.4 Å². The average molecular weight is 296 g/mol. The molecule has 1 aliphatic rings. The predicted molar refractivity (Wildman–Crippen MR) is 80.3 cm³/mol. The Bertz CT molecular complexity index is 820. The molecular formula is C15H16N6O. The van der Waals surface area contributed by atoms with E-state index in [1.54, 1.807) is 18.2 Å². The molecule has 112 valence electrons. The predicted octanol–water partition coefficient (Wildman–Crippen LogP) is 1.15. The van der Waals surface area contributed by atoms with Crippen LogP contribution >= 0.6 is 0 Å². The van der Waals surface area contributed by atoms with Gasteiger partial charge in [0.15, 0.2) is 0 Å². The summed E-state index contributed by atoms with van der Waals surface area (Å²) in [5, 5.41) is 13.5. The Morgan fingerprint density at radius 2 is 2.27 bits per heavy atom. The normalized spacial score (nSPS) is 17.4. The van der Waals surface area contributed by atoms with Gasteiger partial charge in [-0.1, -0.05) is 0 Å². The van der Waals surface area contributed by atoms with Gasteiger partial charge < -0.3 is 9.88 Å². The van der Waals surface area contributed by atoms with Crippen molar-refractivity contribution in [1.29, 1.82) is 0 Å². The lowest BCUT2D eigenvalue weighted by atomic mass is 9.97. The summed E-state index contributed by atoms with van der Waals surface area (Å²) < 4.78 is 2.18. The zero-order valence-corrected chi connectivity index (χ0v) is 12.0. The number of aromatic amines is 1. The molecule has 2 N–H and O–H groups in total. The van der Waals surface area contributed by atoms with E-state index in [1.165, 1.54) is 0 Å². The molecule has 1 unspecified atom stereocenters. The summed E-state index contributed by atoms with van der Waals surface area (Å²) in [5.41, 5.74) is 2.07. The summed E-state index contributed by atoms with van der Waals surface area (Å²) >= 11 is 0. The van der Waals surface area contributed by atoms with Crippen molar-refractivity contribution in [3.05, 3.63) is 42.0 Å². The number of aryl methyl sites for hydroxylation is 1. The van der Waals surface area contributed by atoms with Gasteiger partial charge in [0.1, 0.15) is 16.9 Å². The maximum Gasteiger partial charge on any atom is 0.251 e. The molecule has 0 radical (unpaired) electrons. The Morgan fingerprint density at radius 3 is 3.23 bits per heavy atom. The molecule has 0 fully saturated rings. The van der Waals surface area contributed by atoms with Crippen molar-refractivity contribution < 1.29 is 4.79 Å². The Hall–Kier alpha value is -2.70. The number of carbonyl (C=O) groups is 1. The number of aromatic nitrogens is 5. The second-order valence-corrected chi connectivity index (χ2v) is 5.63. The SMILES string of the molecule is O=C(NCC1CCn2ccnc2C1)c1ccc2n[nH]nc2c1. The van der Waals surface area contributed by atoms with E-state index in [4.69, 9.17) is 0 Å². The van der Waals surface area contributed by atoms with Crippen molar-refractivity contribution in [3.63, 3.8) is 0 Å². The Morgan fingerprint density at radius 1 is 1.36 bits per heavy atom. The molecule has 1 amide bonds. The first-order valence-corrected chi connectivity index (χ1v) is 7.38. The van der Waals surface area contributed by atoms with Crippen LogP contribution in [0, 0.1) is 5.92 Å². The van der Waals surface area contributed by atoms with Crippen LogP contribution in [-0.4, -0.2) is 37.4 Å². The van der Waals surface area contributed by atoms with Gasteiger partial charge in [-0.3, -0.25) is 4.79 Å². The fourth-order valence-electron chi connectivity index (χ4n) is 2.91. The lowest BCUT2D eigenvalue weighted by Crippen LogP contribution is -2.33. The molecule has 3 aromatic rings. The van der Waals surface area contributed by atoms with Crippen LogP contribution in [0.25, 0.3) is 11.0 Å². The van der Waals surface area contributed by atoms with E-state index in [2.05, 4.69) is 30.3 Å². The molecule has 0 saturated carbocycles. The van der Waals surface area contributed by atoms with Crippen molar-refractivity contribution in [2.75, 3.05) is 6.54 Å². The van der Waals surface area contributed by atoms with Crippen LogP contribution in [0.2, 0.25) is 0 Å². The average Bonchev–Trinajstić information content (AvgIpc) is 3.19. The van der Waals surface area contributed by atoms with Gasteiger partial charge in [0.25, 0.3) is 5.91 Å². The molecule has 0 saturated heterocycles. The molecule has 1 aromatic carbocycles. The van der Waals surface area contributed by atoms with E-state index < -0.39 is 0 Å². The number of hydrogen-bond donors (Lipinski definition) is 2. The molecule has 2 aromatic heterocycles. The maximum atomic E-state index is 12.3. The standard InChI is InChI=1S/C15H16N6O/c22-15(11-1-2-12-13(8-11)19-20-18-12)17-9-10-3-5-21-6-4-16-14(21)7-10/h1-2,4,6,8,10H,3,5,7,9H2,(H,17,22)(H,18,19,20). The van der Waals surface area contributed by atoms with E-state index in [0.717, 1.165) is 30.7 Å².